The summed E-state index contributed by atoms with van der Waals surface area (Å²) in [6.45, 7) is 1.81. The number of carbonyl (C=O) groups excluding carboxylic acids is 2. The van der Waals surface area contributed by atoms with E-state index < -0.39 is 22.5 Å². The van der Waals surface area contributed by atoms with Gasteiger partial charge in [-0.2, -0.15) is 0 Å². The highest BCUT2D eigenvalue weighted by atomic mass is 32.2. The van der Waals surface area contributed by atoms with Crippen LogP contribution >= 0.6 is 11.8 Å². The number of aliphatic carboxylic acids is 1. The highest BCUT2D eigenvalue weighted by Crippen LogP contribution is 2.29. The summed E-state index contributed by atoms with van der Waals surface area (Å²) in [5.41, 5.74) is 1.75. The summed E-state index contributed by atoms with van der Waals surface area (Å²) in [4.78, 5) is 35.3. The Balaban J connectivity index is 2.04. The molecule has 1 unspecified atom stereocenters. The van der Waals surface area contributed by atoms with Gasteiger partial charge in [-0.1, -0.05) is 18.2 Å². The standard InChI is InChI=1S/C13H14N2O4S/c1-8-4-2-3-5-9(8)14-11-12(18)15(13(19)20-11)7-6-10(16)17/h2-5,11,14H,6-7H2,1H3,(H,16,17). The lowest BCUT2D eigenvalue weighted by molar-refractivity contribution is -0.137. The molecule has 0 aromatic heterocycles. The number of carboxylic acids is 1. The number of hydrogen-bond acceptors (Lipinski definition) is 5. The Bertz CT molecular complexity index is 561. The summed E-state index contributed by atoms with van der Waals surface area (Å²) in [5.74, 6) is -1.43. The fraction of sp³-hybridized carbons (Fsp3) is 0.308. The van der Waals surface area contributed by atoms with E-state index in [2.05, 4.69) is 5.32 Å². The van der Waals surface area contributed by atoms with E-state index in [1.807, 2.05) is 31.2 Å². The maximum absolute atomic E-state index is 12.1. The number of carboxylic acid groups (broad SMARTS) is 1. The van der Waals surface area contributed by atoms with E-state index in [9.17, 15) is 14.4 Å². The topological polar surface area (TPSA) is 86.7 Å². The van der Waals surface area contributed by atoms with Crippen molar-refractivity contribution in [1.29, 1.82) is 0 Å². The van der Waals surface area contributed by atoms with Crippen LogP contribution in [0, 0.1) is 6.92 Å². The number of anilines is 1. The molecule has 0 radical (unpaired) electrons. The molecule has 1 aliphatic rings. The van der Waals surface area contributed by atoms with E-state index >= 15 is 0 Å². The second-order valence-corrected chi connectivity index (χ2v) is 5.41. The molecule has 2 amide bonds. The van der Waals surface area contributed by atoms with Crippen LogP contribution in [0.4, 0.5) is 10.5 Å². The van der Waals surface area contributed by atoms with Crippen molar-refractivity contribution in [1.82, 2.24) is 4.90 Å². The van der Waals surface area contributed by atoms with Crippen molar-refractivity contribution < 1.29 is 19.5 Å². The van der Waals surface area contributed by atoms with E-state index in [0.29, 0.717) is 0 Å². The van der Waals surface area contributed by atoms with Crippen molar-refractivity contribution in [2.75, 3.05) is 11.9 Å². The molecule has 1 aromatic rings. The molecule has 0 aliphatic carbocycles. The number of imide groups is 1. The number of hydrogen-bond donors (Lipinski definition) is 2. The number of rotatable bonds is 5. The van der Waals surface area contributed by atoms with Gasteiger partial charge in [0.2, 0.25) is 0 Å². The zero-order valence-electron chi connectivity index (χ0n) is 10.8. The fourth-order valence-corrected chi connectivity index (χ4v) is 2.75. The number of nitrogens with one attached hydrogen (secondary N) is 1. The molecule has 20 heavy (non-hydrogen) atoms. The number of carbonyl (C=O) groups is 3. The number of benzene rings is 1. The predicted molar refractivity (Wildman–Crippen MR) is 75.5 cm³/mol. The molecular formula is C13H14N2O4S. The van der Waals surface area contributed by atoms with Gasteiger partial charge in [0.05, 0.1) is 6.42 Å². The molecule has 1 aromatic carbocycles. The van der Waals surface area contributed by atoms with Crippen LogP contribution in [0.25, 0.3) is 0 Å². The van der Waals surface area contributed by atoms with Gasteiger partial charge in [-0.25, -0.2) is 0 Å². The molecule has 1 atom stereocenters. The second-order valence-electron chi connectivity index (χ2n) is 4.36. The average molecular weight is 294 g/mol. The van der Waals surface area contributed by atoms with E-state index in [1.165, 1.54) is 0 Å². The molecule has 1 fully saturated rings. The average Bonchev–Trinajstić information content (AvgIpc) is 2.65. The lowest BCUT2D eigenvalue weighted by atomic mass is 10.2. The number of amides is 2. The van der Waals surface area contributed by atoms with Crippen molar-refractivity contribution in [3.05, 3.63) is 29.8 Å². The zero-order valence-corrected chi connectivity index (χ0v) is 11.6. The third kappa shape index (κ3) is 3.11. The van der Waals surface area contributed by atoms with Gasteiger partial charge in [-0.3, -0.25) is 19.3 Å². The Kier molecular flexibility index (Phi) is 4.29. The normalized spacial score (nSPS) is 18.4. The molecule has 0 spiro atoms. The third-order valence-electron chi connectivity index (χ3n) is 2.91. The van der Waals surface area contributed by atoms with Crippen LogP contribution in [0.2, 0.25) is 0 Å². The monoisotopic (exact) mass is 294 g/mol. The lowest BCUT2D eigenvalue weighted by Gasteiger charge is -2.15. The van der Waals surface area contributed by atoms with Crippen LogP contribution in [0.15, 0.2) is 24.3 Å². The number of thioether (sulfide) groups is 1. The van der Waals surface area contributed by atoms with Crippen LogP contribution in [-0.4, -0.2) is 39.0 Å². The largest absolute Gasteiger partial charge is 0.481 e. The van der Waals surface area contributed by atoms with Crippen LogP contribution in [-0.2, 0) is 9.59 Å². The van der Waals surface area contributed by atoms with Crippen LogP contribution in [0.3, 0.4) is 0 Å². The van der Waals surface area contributed by atoms with Crippen molar-refractivity contribution in [3.63, 3.8) is 0 Å². The third-order valence-corrected chi connectivity index (χ3v) is 3.89. The Hall–Kier alpha value is -2.02. The van der Waals surface area contributed by atoms with Crippen molar-refractivity contribution >= 4 is 34.6 Å². The maximum Gasteiger partial charge on any atom is 0.305 e. The Labute approximate surface area is 120 Å². The van der Waals surface area contributed by atoms with Gasteiger partial charge in [0.15, 0.2) is 5.37 Å². The van der Waals surface area contributed by atoms with Gasteiger partial charge in [0.25, 0.3) is 11.1 Å². The summed E-state index contributed by atoms with van der Waals surface area (Å²) in [6.07, 6.45) is -0.241. The SMILES string of the molecule is Cc1ccccc1NC1SC(=O)N(CCC(=O)O)C1=O. The first kappa shape index (κ1) is 14.4. The summed E-state index contributed by atoms with van der Waals surface area (Å²) in [7, 11) is 0. The highest BCUT2D eigenvalue weighted by Gasteiger charge is 2.39. The first-order chi connectivity index (χ1) is 9.49. The summed E-state index contributed by atoms with van der Waals surface area (Å²) in [5, 5.41) is 10.5. The summed E-state index contributed by atoms with van der Waals surface area (Å²) in [6, 6.07) is 7.45. The molecule has 2 rings (SSSR count). The van der Waals surface area contributed by atoms with E-state index in [4.69, 9.17) is 5.11 Å². The van der Waals surface area contributed by atoms with E-state index in [1.54, 1.807) is 0 Å². The first-order valence-corrected chi connectivity index (χ1v) is 6.93. The van der Waals surface area contributed by atoms with Crippen LogP contribution < -0.4 is 5.32 Å². The molecule has 0 bridgehead atoms. The molecule has 2 N–H and O–H groups in total. The van der Waals surface area contributed by atoms with Crippen molar-refractivity contribution in [2.24, 2.45) is 0 Å². The van der Waals surface area contributed by atoms with Crippen LogP contribution in [0.1, 0.15) is 12.0 Å². The fourth-order valence-electron chi connectivity index (χ4n) is 1.82. The number of para-hydroxylation sites is 1. The number of aryl methyl sites for hydroxylation is 1. The highest BCUT2D eigenvalue weighted by molar-refractivity contribution is 8.15. The van der Waals surface area contributed by atoms with Gasteiger partial charge in [-0.05, 0) is 30.3 Å². The predicted octanol–water partition coefficient (Wildman–Crippen LogP) is 1.90. The minimum absolute atomic E-state index is 0.0913. The quantitative estimate of drug-likeness (QED) is 0.862. The number of nitrogens with zero attached hydrogens (tertiary/aromatic N) is 1. The van der Waals surface area contributed by atoms with Gasteiger partial charge >= 0.3 is 5.97 Å². The lowest BCUT2D eigenvalue weighted by Crippen LogP contribution is -2.35. The Morgan fingerprint density at radius 1 is 1.40 bits per heavy atom. The minimum atomic E-state index is -1.04. The smallest absolute Gasteiger partial charge is 0.305 e. The molecule has 7 heteroatoms. The molecule has 1 saturated heterocycles. The van der Waals surface area contributed by atoms with E-state index in [0.717, 1.165) is 27.9 Å². The summed E-state index contributed by atoms with van der Waals surface area (Å²) < 4.78 is 0. The Morgan fingerprint density at radius 2 is 2.10 bits per heavy atom. The first-order valence-electron chi connectivity index (χ1n) is 6.05. The van der Waals surface area contributed by atoms with Crippen molar-refractivity contribution in [3.8, 4) is 0 Å². The second kappa shape index (κ2) is 5.96. The van der Waals surface area contributed by atoms with Crippen LogP contribution in [0.5, 0.6) is 0 Å². The van der Waals surface area contributed by atoms with Crippen molar-refractivity contribution in [2.45, 2.75) is 18.7 Å². The molecule has 1 aliphatic heterocycles. The molecule has 0 saturated carbocycles. The maximum atomic E-state index is 12.1. The van der Waals surface area contributed by atoms with Gasteiger partial charge in [0.1, 0.15) is 0 Å². The van der Waals surface area contributed by atoms with Gasteiger partial charge in [0, 0.05) is 12.2 Å². The minimum Gasteiger partial charge on any atom is -0.481 e. The molecule has 6 nitrogen and oxygen atoms in total. The van der Waals surface area contributed by atoms with Gasteiger partial charge in [-0.15, -0.1) is 0 Å². The molecule has 1 heterocycles. The summed E-state index contributed by atoms with van der Waals surface area (Å²) >= 11 is 0.870. The molecular weight excluding hydrogens is 280 g/mol. The Morgan fingerprint density at radius 3 is 2.75 bits per heavy atom. The molecule has 106 valence electrons. The van der Waals surface area contributed by atoms with E-state index in [-0.39, 0.29) is 13.0 Å². The van der Waals surface area contributed by atoms with Gasteiger partial charge < -0.3 is 10.4 Å². The zero-order chi connectivity index (χ0) is 14.7.